The molecule has 0 radical (unpaired) electrons. The Morgan fingerprint density at radius 2 is 1.79 bits per heavy atom. The van der Waals surface area contributed by atoms with Gasteiger partial charge >= 0.3 is 0 Å². The molecule has 4 heteroatoms. The number of carbonyl (C=O) groups excluding carboxylic acids is 1. The normalized spacial score (nSPS) is 15.1. The van der Waals surface area contributed by atoms with Crippen LogP contribution in [-0.2, 0) is 11.3 Å². The van der Waals surface area contributed by atoms with Gasteiger partial charge in [-0.3, -0.25) is 9.48 Å². The van der Waals surface area contributed by atoms with Gasteiger partial charge in [-0.25, -0.2) is 0 Å². The average molecular weight is 315 g/mol. The third-order valence-electron chi connectivity index (χ3n) is 4.24. The summed E-state index contributed by atoms with van der Waals surface area (Å²) in [5.74, 6) is 0.0204. The highest BCUT2D eigenvalue weighted by molar-refractivity contribution is 6.35. The number of aromatic nitrogens is 2. The van der Waals surface area contributed by atoms with Gasteiger partial charge in [-0.15, -0.1) is 0 Å². The van der Waals surface area contributed by atoms with Crippen LogP contribution in [0, 0.1) is 0 Å². The van der Waals surface area contributed by atoms with Crippen molar-refractivity contribution in [3.63, 3.8) is 0 Å². The third-order valence-corrected chi connectivity index (χ3v) is 4.24. The zero-order chi connectivity index (χ0) is 16.5. The van der Waals surface area contributed by atoms with E-state index in [0.29, 0.717) is 12.1 Å². The maximum atomic E-state index is 12.5. The molecule has 2 aromatic carbocycles. The molecule has 118 valence electrons. The Labute approximate surface area is 140 Å². The van der Waals surface area contributed by atoms with Gasteiger partial charge in [0.2, 0.25) is 0 Å². The van der Waals surface area contributed by atoms with E-state index in [2.05, 4.69) is 17.2 Å². The highest BCUT2D eigenvalue weighted by Crippen LogP contribution is 2.36. The molecule has 0 aliphatic carbocycles. The van der Waals surface area contributed by atoms with Gasteiger partial charge in [0.1, 0.15) is 0 Å². The number of carbonyl (C=O) groups is 1. The van der Waals surface area contributed by atoms with Crippen LogP contribution >= 0.6 is 0 Å². The molecule has 0 saturated heterocycles. The van der Waals surface area contributed by atoms with Gasteiger partial charge in [0.05, 0.1) is 18.4 Å². The Morgan fingerprint density at radius 3 is 2.62 bits per heavy atom. The summed E-state index contributed by atoms with van der Waals surface area (Å²) in [6, 6.07) is 18.0. The number of hydrogen-bond donors (Lipinski definition) is 0. The van der Waals surface area contributed by atoms with E-state index in [0.717, 1.165) is 16.8 Å². The van der Waals surface area contributed by atoms with Gasteiger partial charge < -0.3 is 4.90 Å². The van der Waals surface area contributed by atoms with Crippen LogP contribution in [0.15, 0.2) is 67.0 Å². The summed E-state index contributed by atoms with van der Waals surface area (Å²) in [6.45, 7) is 0.717. The number of hydrogen-bond acceptors (Lipinski definition) is 2. The summed E-state index contributed by atoms with van der Waals surface area (Å²) in [5, 5.41) is 4.40. The van der Waals surface area contributed by atoms with Gasteiger partial charge in [-0.1, -0.05) is 48.5 Å². The highest BCUT2D eigenvalue weighted by Gasteiger charge is 2.29. The third kappa shape index (κ3) is 2.52. The predicted octanol–water partition coefficient (Wildman–Crippen LogP) is 3.45. The zero-order valence-electron chi connectivity index (χ0n) is 13.4. The van der Waals surface area contributed by atoms with Crippen molar-refractivity contribution in [2.45, 2.75) is 6.54 Å². The van der Waals surface area contributed by atoms with Crippen molar-refractivity contribution in [3.8, 4) is 0 Å². The number of para-hydroxylation sites is 1. The van der Waals surface area contributed by atoms with Crippen molar-refractivity contribution >= 4 is 23.2 Å². The molecule has 2 heterocycles. The summed E-state index contributed by atoms with van der Waals surface area (Å²) in [6.07, 6.45) is 5.68. The van der Waals surface area contributed by atoms with Crippen molar-refractivity contribution in [2.24, 2.45) is 0 Å². The van der Waals surface area contributed by atoms with Crippen molar-refractivity contribution in [1.82, 2.24) is 9.78 Å². The summed E-state index contributed by atoms with van der Waals surface area (Å²) < 4.78 is 1.89. The molecule has 0 unspecified atom stereocenters. The fraction of sp³-hybridized carbons (Fsp3) is 0.100. The molecular formula is C20H17N3O. The maximum Gasteiger partial charge on any atom is 0.258 e. The van der Waals surface area contributed by atoms with Crippen LogP contribution < -0.4 is 4.90 Å². The van der Waals surface area contributed by atoms with E-state index < -0.39 is 0 Å². The SMILES string of the molecule is CN1C(=O)/C(=C\c2cnn(Cc3ccccc3)c2)c2ccccc21. The van der Waals surface area contributed by atoms with Crippen molar-refractivity contribution in [3.05, 3.63) is 83.7 Å². The molecule has 4 rings (SSSR count). The lowest BCUT2D eigenvalue weighted by Gasteiger charge is -2.07. The summed E-state index contributed by atoms with van der Waals surface area (Å²) in [5.41, 5.74) is 4.76. The molecule has 1 aliphatic rings. The van der Waals surface area contributed by atoms with Crippen LogP contribution in [0.5, 0.6) is 0 Å². The number of rotatable bonds is 3. The number of nitrogens with zero attached hydrogens (tertiary/aromatic N) is 3. The Bertz CT molecular complexity index is 925. The molecule has 0 spiro atoms. The fourth-order valence-corrected chi connectivity index (χ4v) is 3.02. The highest BCUT2D eigenvalue weighted by atomic mass is 16.2. The lowest BCUT2D eigenvalue weighted by Crippen LogP contribution is -2.20. The number of anilines is 1. The lowest BCUT2D eigenvalue weighted by molar-refractivity contribution is -0.112. The second-order valence-electron chi connectivity index (χ2n) is 5.90. The van der Waals surface area contributed by atoms with Crippen LogP contribution in [0.4, 0.5) is 5.69 Å². The van der Waals surface area contributed by atoms with Crippen LogP contribution in [-0.4, -0.2) is 22.7 Å². The van der Waals surface area contributed by atoms with Crippen LogP contribution in [0.25, 0.3) is 11.6 Å². The molecule has 0 fully saturated rings. The average Bonchev–Trinajstić information content (AvgIpc) is 3.15. The quantitative estimate of drug-likeness (QED) is 0.694. The molecule has 3 aromatic rings. The number of likely N-dealkylation sites (N-methyl/N-ethyl adjacent to an activating group) is 1. The molecule has 0 bridgehead atoms. The van der Waals surface area contributed by atoms with Gasteiger partial charge in [-0.05, 0) is 17.7 Å². The van der Waals surface area contributed by atoms with Crippen molar-refractivity contribution < 1.29 is 4.79 Å². The number of amides is 1. The van der Waals surface area contributed by atoms with E-state index in [1.54, 1.807) is 18.1 Å². The molecule has 1 aromatic heterocycles. The first kappa shape index (κ1) is 14.5. The second kappa shape index (κ2) is 5.81. The minimum Gasteiger partial charge on any atom is -0.311 e. The minimum atomic E-state index is 0.0204. The first-order valence-electron chi connectivity index (χ1n) is 7.88. The first-order valence-corrected chi connectivity index (χ1v) is 7.88. The van der Waals surface area contributed by atoms with E-state index in [9.17, 15) is 4.79 Å². The second-order valence-corrected chi connectivity index (χ2v) is 5.90. The molecule has 4 nitrogen and oxygen atoms in total. The molecule has 1 amide bonds. The fourth-order valence-electron chi connectivity index (χ4n) is 3.02. The van der Waals surface area contributed by atoms with Gasteiger partial charge in [0.15, 0.2) is 0 Å². The monoisotopic (exact) mass is 315 g/mol. The predicted molar refractivity (Wildman–Crippen MR) is 95.5 cm³/mol. The van der Waals surface area contributed by atoms with E-state index in [-0.39, 0.29) is 5.91 Å². The van der Waals surface area contributed by atoms with Gasteiger partial charge in [-0.2, -0.15) is 5.10 Å². The summed E-state index contributed by atoms with van der Waals surface area (Å²) in [7, 11) is 1.81. The number of fused-ring (bicyclic) bond motifs is 1. The van der Waals surface area contributed by atoms with E-state index in [1.165, 1.54) is 5.56 Å². The first-order chi connectivity index (χ1) is 11.7. The molecule has 0 atom stereocenters. The Balaban J connectivity index is 1.64. The molecule has 0 saturated carbocycles. The van der Waals surface area contributed by atoms with Crippen LogP contribution in [0.1, 0.15) is 16.7 Å². The molecule has 0 N–H and O–H groups in total. The van der Waals surface area contributed by atoms with Crippen molar-refractivity contribution in [2.75, 3.05) is 11.9 Å². The van der Waals surface area contributed by atoms with Crippen LogP contribution in [0.3, 0.4) is 0 Å². The Hall–Kier alpha value is -3.14. The lowest BCUT2D eigenvalue weighted by atomic mass is 10.1. The van der Waals surface area contributed by atoms with Crippen LogP contribution in [0.2, 0.25) is 0 Å². The maximum absolute atomic E-state index is 12.5. The van der Waals surface area contributed by atoms with Gasteiger partial charge in [0.25, 0.3) is 5.91 Å². The standard InChI is InChI=1S/C20H17N3O/c1-22-19-10-6-5-9-17(19)18(20(22)24)11-16-12-21-23(14-16)13-15-7-3-2-4-8-15/h2-12,14H,13H2,1H3/b18-11-. The summed E-state index contributed by atoms with van der Waals surface area (Å²) >= 11 is 0. The summed E-state index contributed by atoms with van der Waals surface area (Å²) in [4.78, 5) is 14.2. The topological polar surface area (TPSA) is 38.1 Å². The Kier molecular flexibility index (Phi) is 3.50. The van der Waals surface area contributed by atoms with E-state index in [4.69, 9.17) is 0 Å². The van der Waals surface area contributed by atoms with E-state index in [1.807, 2.05) is 59.4 Å². The Morgan fingerprint density at radius 1 is 1.04 bits per heavy atom. The van der Waals surface area contributed by atoms with E-state index >= 15 is 0 Å². The van der Waals surface area contributed by atoms with Crippen molar-refractivity contribution in [1.29, 1.82) is 0 Å². The van der Waals surface area contributed by atoms with Gasteiger partial charge in [0, 0.05) is 29.9 Å². The zero-order valence-corrected chi connectivity index (χ0v) is 13.4. The minimum absolute atomic E-state index is 0.0204. The largest absolute Gasteiger partial charge is 0.311 e. The molecular weight excluding hydrogens is 298 g/mol. The molecule has 1 aliphatic heterocycles. The molecule has 24 heavy (non-hydrogen) atoms. The smallest absolute Gasteiger partial charge is 0.258 e. The number of benzene rings is 2.